The second-order valence-electron chi connectivity index (χ2n) is 2.99. The van der Waals surface area contributed by atoms with E-state index in [0.717, 1.165) is 10.8 Å². The van der Waals surface area contributed by atoms with E-state index in [4.69, 9.17) is 4.55 Å². The zero-order valence-electron chi connectivity index (χ0n) is 8.48. The van der Waals surface area contributed by atoms with Crippen LogP contribution in [0, 0.1) is 0 Å². The Labute approximate surface area is 108 Å². The van der Waals surface area contributed by atoms with Crippen molar-refractivity contribution in [3.63, 3.8) is 0 Å². The summed E-state index contributed by atoms with van der Waals surface area (Å²) in [7, 11) is -1.70. The largest absolute Gasteiger partial charge is 0.285 e. The summed E-state index contributed by atoms with van der Waals surface area (Å²) in [5.74, 6) is 0. The smallest absolute Gasteiger partial charge is 0.278 e. The van der Waals surface area contributed by atoms with Gasteiger partial charge in [0.05, 0.1) is 0 Å². The van der Waals surface area contributed by atoms with Crippen LogP contribution in [-0.4, -0.2) is 26.7 Å². The molecule has 0 aliphatic carbocycles. The van der Waals surface area contributed by atoms with Crippen molar-refractivity contribution in [2.24, 2.45) is 0 Å². The van der Waals surface area contributed by atoms with Gasteiger partial charge in [0.1, 0.15) is 9.61 Å². The zero-order valence-corrected chi connectivity index (χ0v) is 11.8. The Bertz CT molecular complexity index is 431. The van der Waals surface area contributed by atoms with Crippen LogP contribution >= 0.6 is 34.4 Å². The van der Waals surface area contributed by atoms with Crippen LogP contribution in [0.4, 0.5) is 0 Å². The minimum Gasteiger partial charge on any atom is -0.285 e. The third-order valence-corrected chi connectivity index (χ3v) is 6.59. The van der Waals surface area contributed by atoms with Crippen LogP contribution in [0.15, 0.2) is 17.3 Å². The van der Waals surface area contributed by atoms with Crippen LogP contribution < -0.4 is 0 Å². The SMILES string of the molecule is CCCC(SSc1ccn(S)n1)S(=O)(=O)O. The van der Waals surface area contributed by atoms with Crippen molar-refractivity contribution in [3.05, 3.63) is 12.3 Å². The van der Waals surface area contributed by atoms with Gasteiger partial charge in [0.15, 0.2) is 0 Å². The number of hydrogen-bond acceptors (Lipinski definition) is 6. The fourth-order valence-electron chi connectivity index (χ4n) is 0.928. The molecule has 9 heteroatoms. The second kappa shape index (κ2) is 6.20. The van der Waals surface area contributed by atoms with Gasteiger partial charge in [-0.2, -0.15) is 13.5 Å². The van der Waals surface area contributed by atoms with Crippen LogP contribution in [0.2, 0.25) is 0 Å². The molecule has 0 radical (unpaired) electrons. The molecule has 16 heavy (non-hydrogen) atoms. The van der Waals surface area contributed by atoms with Gasteiger partial charge in [-0.1, -0.05) is 24.1 Å². The van der Waals surface area contributed by atoms with Crippen LogP contribution in [0.5, 0.6) is 0 Å². The predicted molar refractivity (Wildman–Crippen MR) is 70.3 cm³/mol. The molecule has 0 bridgehead atoms. The van der Waals surface area contributed by atoms with Crippen LogP contribution in [0.25, 0.3) is 0 Å². The number of nitrogens with zero attached hydrogens (tertiary/aromatic N) is 2. The lowest BCUT2D eigenvalue weighted by molar-refractivity contribution is 0.477. The third-order valence-electron chi connectivity index (χ3n) is 1.65. The van der Waals surface area contributed by atoms with Gasteiger partial charge < -0.3 is 0 Å². The van der Waals surface area contributed by atoms with E-state index in [2.05, 4.69) is 17.9 Å². The molecule has 0 saturated carbocycles. The average molecular weight is 300 g/mol. The second-order valence-corrected chi connectivity index (χ2v) is 7.72. The van der Waals surface area contributed by atoms with Gasteiger partial charge in [-0.3, -0.25) is 4.55 Å². The first-order valence-corrected chi connectivity index (χ1v) is 8.59. The molecule has 1 aromatic rings. The normalized spacial score (nSPS) is 13.9. The summed E-state index contributed by atoms with van der Waals surface area (Å²) in [5.41, 5.74) is 0. The molecule has 0 amide bonds. The minimum absolute atomic E-state index is 0.415. The molecular formula is C7H12N2O3S4. The summed E-state index contributed by atoms with van der Waals surface area (Å²) in [5, 5.41) is 4.63. The molecule has 1 unspecified atom stereocenters. The molecule has 0 aromatic carbocycles. The molecule has 0 fully saturated rings. The Kier molecular flexibility index (Phi) is 5.51. The zero-order chi connectivity index (χ0) is 12.2. The maximum absolute atomic E-state index is 11.0. The van der Waals surface area contributed by atoms with Gasteiger partial charge in [0, 0.05) is 6.20 Å². The van der Waals surface area contributed by atoms with Crippen molar-refractivity contribution >= 4 is 44.5 Å². The topological polar surface area (TPSA) is 72.2 Å². The highest BCUT2D eigenvalue weighted by molar-refractivity contribution is 8.78. The number of thiol groups is 1. The first-order valence-electron chi connectivity index (χ1n) is 4.48. The monoisotopic (exact) mass is 300 g/mol. The quantitative estimate of drug-likeness (QED) is 0.477. The summed E-state index contributed by atoms with van der Waals surface area (Å²) in [4.78, 5) is 0. The highest BCUT2D eigenvalue weighted by Crippen LogP contribution is 2.37. The van der Waals surface area contributed by atoms with Gasteiger partial charge in [0.25, 0.3) is 10.1 Å². The van der Waals surface area contributed by atoms with Crippen LogP contribution in [0.3, 0.4) is 0 Å². The predicted octanol–water partition coefficient (Wildman–Crippen LogP) is 2.33. The molecule has 5 nitrogen and oxygen atoms in total. The van der Waals surface area contributed by atoms with Crippen molar-refractivity contribution < 1.29 is 13.0 Å². The number of rotatable bonds is 6. The summed E-state index contributed by atoms with van der Waals surface area (Å²) in [6.07, 6.45) is 2.76. The first kappa shape index (κ1) is 14.2. The van der Waals surface area contributed by atoms with Gasteiger partial charge in [-0.15, -0.1) is 0 Å². The lowest BCUT2D eigenvalue weighted by atomic mass is 10.4. The van der Waals surface area contributed by atoms with Gasteiger partial charge >= 0.3 is 0 Å². The summed E-state index contributed by atoms with van der Waals surface area (Å²) in [6.45, 7) is 1.87. The molecule has 1 N–H and O–H groups in total. The van der Waals surface area contributed by atoms with Crippen LogP contribution in [0.1, 0.15) is 19.8 Å². The molecule has 1 rings (SSSR count). The van der Waals surface area contributed by atoms with E-state index in [0.29, 0.717) is 17.9 Å². The molecule has 1 atom stereocenters. The van der Waals surface area contributed by atoms with Crippen molar-refractivity contribution in [1.82, 2.24) is 9.19 Å². The molecule has 0 aliphatic rings. The highest BCUT2D eigenvalue weighted by atomic mass is 33.1. The van der Waals surface area contributed by atoms with Crippen LogP contribution in [-0.2, 0) is 10.1 Å². The molecule has 1 aromatic heterocycles. The van der Waals surface area contributed by atoms with E-state index in [1.807, 2.05) is 6.92 Å². The van der Waals surface area contributed by atoms with E-state index in [1.54, 1.807) is 12.3 Å². The Morgan fingerprint density at radius 3 is 2.81 bits per heavy atom. The van der Waals surface area contributed by atoms with E-state index >= 15 is 0 Å². The van der Waals surface area contributed by atoms with E-state index in [9.17, 15) is 8.42 Å². The summed E-state index contributed by atoms with van der Waals surface area (Å²) < 4.78 is 31.6. The summed E-state index contributed by atoms with van der Waals surface area (Å²) >= 11 is 3.96. The van der Waals surface area contributed by atoms with E-state index < -0.39 is 14.7 Å². The molecule has 92 valence electrons. The Balaban J connectivity index is 2.57. The van der Waals surface area contributed by atoms with Crippen molar-refractivity contribution in [2.75, 3.05) is 0 Å². The Morgan fingerprint density at radius 2 is 2.38 bits per heavy atom. The number of aromatic nitrogens is 2. The highest BCUT2D eigenvalue weighted by Gasteiger charge is 2.23. The Morgan fingerprint density at radius 1 is 1.69 bits per heavy atom. The van der Waals surface area contributed by atoms with Crippen molar-refractivity contribution in [3.8, 4) is 0 Å². The van der Waals surface area contributed by atoms with Crippen molar-refractivity contribution in [2.45, 2.75) is 29.4 Å². The maximum atomic E-state index is 11.0. The van der Waals surface area contributed by atoms with Gasteiger partial charge in [0.2, 0.25) is 0 Å². The molecule has 0 saturated heterocycles. The molecule has 0 aliphatic heterocycles. The molecular weight excluding hydrogens is 288 g/mol. The van der Waals surface area contributed by atoms with E-state index in [-0.39, 0.29) is 0 Å². The summed E-state index contributed by atoms with van der Waals surface area (Å²) in [6, 6.07) is 1.72. The van der Waals surface area contributed by atoms with Gasteiger partial charge in [-0.25, -0.2) is 4.09 Å². The standard InChI is InChI=1S/C7H12N2O3S4/c1-2-3-7(16(10,11)12)15-14-6-4-5-9(13)8-6/h4-5,7,13H,2-3H2,1H3,(H,10,11,12). The first-order chi connectivity index (χ1) is 7.43. The van der Waals surface area contributed by atoms with Crippen molar-refractivity contribution in [1.29, 1.82) is 0 Å². The lowest BCUT2D eigenvalue weighted by Gasteiger charge is -2.10. The lowest BCUT2D eigenvalue weighted by Crippen LogP contribution is -2.15. The Hall–Kier alpha value is 0.170. The third kappa shape index (κ3) is 4.58. The fraction of sp³-hybridized carbons (Fsp3) is 0.571. The average Bonchev–Trinajstić information content (AvgIpc) is 2.57. The van der Waals surface area contributed by atoms with E-state index in [1.165, 1.54) is 14.9 Å². The minimum atomic E-state index is -4.00. The maximum Gasteiger partial charge on any atom is 0.278 e. The fourth-order valence-corrected chi connectivity index (χ4v) is 5.28. The molecule has 0 spiro atoms. The molecule has 1 heterocycles. The number of hydrogen-bond donors (Lipinski definition) is 2. The van der Waals surface area contributed by atoms with Gasteiger partial charge in [-0.05, 0) is 36.1 Å².